The van der Waals surface area contributed by atoms with E-state index in [1.807, 2.05) is 0 Å². The molecule has 1 unspecified atom stereocenters. The van der Waals surface area contributed by atoms with Crippen LogP contribution in [0.3, 0.4) is 0 Å². The quantitative estimate of drug-likeness (QED) is 0.521. The number of nitrogens with two attached hydrogens (primary N) is 1. The molecule has 2 N–H and O–H groups in total. The highest BCUT2D eigenvalue weighted by Crippen LogP contribution is 2.12. The normalized spacial score (nSPS) is 10.5. The van der Waals surface area contributed by atoms with Gasteiger partial charge in [0.05, 0.1) is 0 Å². The maximum absolute atomic E-state index is 11.8. The summed E-state index contributed by atoms with van der Waals surface area (Å²) in [5.74, 6) is 0. The van der Waals surface area contributed by atoms with Crippen LogP contribution in [0.25, 0.3) is 10.8 Å². The van der Waals surface area contributed by atoms with Gasteiger partial charge in [0.25, 0.3) is 11.1 Å². The van der Waals surface area contributed by atoms with Gasteiger partial charge in [-0.25, -0.2) is 0 Å². The summed E-state index contributed by atoms with van der Waals surface area (Å²) >= 11 is 0. The molecule has 15 heavy (non-hydrogen) atoms. The molecule has 0 fully saturated rings. The summed E-state index contributed by atoms with van der Waals surface area (Å²) in [6, 6.07) is 7.94. The van der Waals surface area contributed by atoms with Crippen LogP contribution in [0, 0.1) is 0 Å². The predicted octanol–water partition coefficient (Wildman–Crippen LogP) is 0.582. The molecule has 5 heteroatoms. The molecule has 4 nitrogen and oxygen atoms in total. The molecule has 2 rings (SSSR count). The third-order valence-electron chi connectivity index (χ3n) is 2.17. The molecule has 1 atom stereocenters. The number of benzene rings is 1. The van der Waals surface area contributed by atoms with Gasteiger partial charge in [0.1, 0.15) is 0 Å². The third-order valence-corrected chi connectivity index (χ3v) is 2.66. The highest BCUT2D eigenvalue weighted by Gasteiger charge is 2.01. The molecule has 0 saturated heterocycles. The molecule has 1 aromatic carbocycles. The smallest absolute Gasteiger partial charge is 0.264 e. The zero-order chi connectivity index (χ0) is 11.0. The minimum atomic E-state index is -0.364. The van der Waals surface area contributed by atoms with Crippen LogP contribution in [0.5, 0.6) is 0 Å². The SMILES string of the molecule is Nc1ccc2ccc(=O)n(P)c(=O)c2c1. The number of nitrogens with zero attached hydrogens (tertiary/aromatic N) is 1. The van der Waals surface area contributed by atoms with Gasteiger partial charge in [0, 0.05) is 17.1 Å². The van der Waals surface area contributed by atoms with E-state index in [1.165, 1.54) is 6.07 Å². The van der Waals surface area contributed by atoms with Gasteiger partial charge in [-0.3, -0.25) is 13.9 Å². The van der Waals surface area contributed by atoms with Crippen molar-refractivity contribution < 1.29 is 0 Å². The van der Waals surface area contributed by atoms with E-state index in [0.29, 0.717) is 16.5 Å². The molecule has 0 radical (unpaired) electrons. The maximum atomic E-state index is 11.8. The van der Waals surface area contributed by atoms with Gasteiger partial charge in [-0.15, -0.1) is 0 Å². The van der Waals surface area contributed by atoms with E-state index in [-0.39, 0.29) is 11.1 Å². The number of anilines is 1. The second-order valence-corrected chi connectivity index (χ2v) is 3.71. The summed E-state index contributed by atoms with van der Waals surface area (Å²) in [7, 11) is 2.10. The van der Waals surface area contributed by atoms with Crippen LogP contribution in [-0.2, 0) is 0 Å². The Kier molecular flexibility index (Phi) is 2.29. The molecule has 1 aromatic heterocycles. The summed E-state index contributed by atoms with van der Waals surface area (Å²) in [5.41, 5.74) is 5.37. The molecule has 1 heterocycles. The Morgan fingerprint density at radius 3 is 2.53 bits per heavy atom. The molecule has 2 aromatic rings. The third kappa shape index (κ3) is 1.64. The van der Waals surface area contributed by atoms with Crippen LogP contribution in [0.2, 0.25) is 0 Å². The van der Waals surface area contributed by atoms with E-state index < -0.39 is 0 Å². The molecular formula is C10H9N2O2P. The Morgan fingerprint density at radius 2 is 1.80 bits per heavy atom. The average Bonchev–Trinajstić information content (AvgIpc) is 2.32. The first-order valence-electron chi connectivity index (χ1n) is 4.30. The summed E-state index contributed by atoms with van der Waals surface area (Å²) in [4.78, 5) is 23.1. The number of fused-ring (bicyclic) bond motifs is 1. The number of rotatable bonds is 0. The molecule has 0 aliphatic heterocycles. The first kappa shape index (κ1) is 9.87. The predicted molar refractivity (Wildman–Crippen MR) is 64.0 cm³/mol. The van der Waals surface area contributed by atoms with E-state index >= 15 is 0 Å². The van der Waals surface area contributed by atoms with Crippen molar-refractivity contribution in [3.63, 3.8) is 0 Å². The zero-order valence-electron chi connectivity index (χ0n) is 7.81. The maximum Gasteiger partial charge on any atom is 0.264 e. The van der Waals surface area contributed by atoms with Gasteiger partial charge in [-0.05, 0) is 33.0 Å². The van der Waals surface area contributed by atoms with Crippen LogP contribution in [0.4, 0.5) is 5.69 Å². The lowest BCUT2D eigenvalue weighted by Gasteiger charge is -1.94. The van der Waals surface area contributed by atoms with Crippen LogP contribution < -0.4 is 16.9 Å². The average molecular weight is 220 g/mol. The minimum Gasteiger partial charge on any atom is -0.399 e. The highest BCUT2D eigenvalue weighted by atomic mass is 31.0. The van der Waals surface area contributed by atoms with Gasteiger partial charge in [0.15, 0.2) is 0 Å². The number of hydrogen-bond acceptors (Lipinski definition) is 3. The molecule has 76 valence electrons. The van der Waals surface area contributed by atoms with Gasteiger partial charge in [-0.2, -0.15) is 0 Å². The summed E-state index contributed by atoms with van der Waals surface area (Å²) in [6.07, 6.45) is 0. The summed E-state index contributed by atoms with van der Waals surface area (Å²) < 4.78 is 0.988. The molecular weight excluding hydrogens is 211 g/mol. The number of hydrogen-bond donors (Lipinski definition) is 1. The molecule has 0 saturated carbocycles. The van der Waals surface area contributed by atoms with Gasteiger partial charge >= 0.3 is 0 Å². The van der Waals surface area contributed by atoms with Crippen LogP contribution >= 0.6 is 9.39 Å². The van der Waals surface area contributed by atoms with E-state index in [9.17, 15) is 9.59 Å². The molecule has 0 aliphatic carbocycles. The first-order valence-corrected chi connectivity index (χ1v) is 4.82. The lowest BCUT2D eigenvalue weighted by molar-refractivity contribution is 1.12. The highest BCUT2D eigenvalue weighted by molar-refractivity contribution is 7.14. The Morgan fingerprint density at radius 1 is 1.13 bits per heavy atom. The Bertz CT molecular complexity index is 649. The lowest BCUT2D eigenvalue weighted by Crippen LogP contribution is -2.21. The monoisotopic (exact) mass is 220 g/mol. The second kappa shape index (κ2) is 3.48. The van der Waals surface area contributed by atoms with Crippen molar-refractivity contribution in [1.29, 1.82) is 0 Å². The van der Waals surface area contributed by atoms with E-state index in [0.717, 1.165) is 4.34 Å². The number of aromatic nitrogens is 1. The van der Waals surface area contributed by atoms with Crippen molar-refractivity contribution in [2.45, 2.75) is 0 Å². The van der Waals surface area contributed by atoms with Crippen molar-refractivity contribution in [2.75, 3.05) is 5.73 Å². The second-order valence-electron chi connectivity index (χ2n) is 3.19. The Labute approximate surface area is 87.6 Å². The lowest BCUT2D eigenvalue weighted by atomic mass is 10.2. The standard InChI is InChI=1S/C10H9N2O2P/c11-7-3-1-6-2-4-9(13)12(15)10(14)8(6)5-7/h1-5H,11,15H2. The number of nitrogen functional groups attached to an aromatic ring is 1. The van der Waals surface area contributed by atoms with Crippen molar-refractivity contribution in [3.8, 4) is 0 Å². The summed E-state index contributed by atoms with van der Waals surface area (Å²) in [5, 5.41) is 1.14. The Balaban J connectivity index is 3.12. The van der Waals surface area contributed by atoms with Crippen molar-refractivity contribution in [2.24, 2.45) is 0 Å². The van der Waals surface area contributed by atoms with Gasteiger partial charge in [-0.1, -0.05) is 6.07 Å². The van der Waals surface area contributed by atoms with Crippen LogP contribution in [0.15, 0.2) is 39.9 Å². The van der Waals surface area contributed by atoms with Crippen molar-refractivity contribution in [1.82, 2.24) is 4.34 Å². The minimum absolute atomic E-state index is 0.361. The van der Waals surface area contributed by atoms with Crippen LogP contribution in [-0.4, -0.2) is 4.34 Å². The van der Waals surface area contributed by atoms with Crippen molar-refractivity contribution >= 4 is 25.9 Å². The van der Waals surface area contributed by atoms with Gasteiger partial charge < -0.3 is 5.73 Å². The molecule has 0 amide bonds. The zero-order valence-corrected chi connectivity index (χ0v) is 8.96. The van der Waals surface area contributed by atoms with Crippen LogP contribution in [0.1, 0.15) is 0 Å². The summed E-state index contributed by atoms with van der Waals surface area (Å²) in [6.45, 7) is 0. The topological polar surface area (TPSA) is 65.1 Å². The molecule has 0 bridgehead atoms. The molecule has 0 aliphatic rings. The largest absolute Gasteiger partial charge is 0.399 e. The van der Waals surface area contributed by atoms with Crippen molar-refractivity contribution in [3.05, 3.63) is 51.0 Å². The van der Waals surface area contributed by atoms with Gasteiger partial charge in [0.2, 0.25) is 0 Å². The fourth-order valence-electron chi connectivity index (χ4n) is 1.38. The van der Waals surface area contributed by atoms with E-state index in [4.69, 9.17) is 5.73 Å². The molecule has 0 spiro atoms. The Hall–Kier alpha value is -1.67. The fourth-order valence-corrected chi connectivity index (χ4v) is 1.60. The first-order chi connectivity index (χ1) is 7.09. The van der Waals surface area contributed by atoms with E-state index in [2.05, 4.69) is 9.39 Å². The van der Waals surface area contributed by atoms with E-state index in [1.54, 1.807) is 24.3 Å². The fraction of sp³-hybridized carbons (Fsp3) is 0.